The first-order valence-corrected chi connectivity index (χ1v) is 25.5. The summed E-state index contributed by atoms with van der Waals surface area (Å²) < 4.78 is 20.9. The van der Waals surface area contributed by atoms with Crippen LogP contribution in [0.2, 0.25) is 10.0 Å². The minimum absolute atomic E-state index is 0.318. The number of hydrogen-bond donors (Lipinski definition) is 2. The Morgan fingerprint density at radius 1 is 0.667 bits per heavy atom. The first-order chi connectivity index (χ1) is 30.7. The number of thioether (sulfide) groups is 1. The lowest BCUT2D eigenvalue weighted by Crippen LogP contribution is -2.22. The molecular formula is C41H45Cl2N13O2S5. The summed E-state index contributed by atoms with van der Waals surface area (Å²) in [6.45, 7) is 11.5. The van der Waals surface area contributed by atoms with Gasteiger partial charge in [-0.05, 0) is 75.7 Å². The largest absolute Gasteiger partial charge is 0.494 e. The number of ether oxygens (including phenoxy) is 2. The molecule has 5 aromatic heterocycles. The molecule has 2 aromatic carbocycles. The van der Waals surface area contributed by atoms with Crippen molar-refractivity contribution in [1.29, 1.82) is 0 Å². The van der Waals surface area contributed by atoms with Gasteiger partial charge in [0.05, 0.1) is 57.8 Å². The van der Waals surface area contributed by atoms with Crippen molar-refractivity contribution in [2.75, 3.05) is 60.8 Å². The van der Waals surface area contributed by atoms with Crippen LogP contribution < -0.4 is 29.9 Å². The monoisotopic (exact) mass is 981 g/mol. The van der Waals surface area contributed by atoms with E-state index in [9.17, 15) is 0 Å². The highest BCUT2D eigenvalue weighted by molar-refractivity contribution is 7.99. The molecule has 0 bridgehead atoms. The summed E-state index contributed by atoms with van der Waals surface area (Å²) in [6.07, 6.45) is 5.76. The highest BCUT2D eigenvalue weighted by Gasteiger charge is 2.23. The van der Waals surface area contributed by atoms with E-state index in [0.717, 1.165) is 70.8 Å². The number of hydrogen-bond acceptors (Lipinski definition) is 20. The maximum Gasteiger partial charge on any atom is 0.233 e. The van der Waals surface area contributed by atoms with Crippen molar-refractivity contribution < 1.29 is 9.47 Å². The fourth-order valence-corrected chi connectivity index (χ4v) is 12.6. The summed E-state index contributed by atoms with van der Waals surface area (Å²) in [5.41, 5.74) is 4.03. The zero-order valence-electron chi connectivity index (χ0n) is 35.4. The zero-order valence-corrected chi connectivity index (χ0v) is 41.0. The molecule has 22 heteroatoms. The van der Waals surface area contributed by atoms with Crippen LogP contribution in [0.1, 0.15) is 59.8 Å². The SMILES string of the molecule is CCN(CC)c1cc(Nc2nc(Nc3cc(N(CC)CC)c(OC)cc3N=Nc3snc4scc(Cl)c34)nc(SC3CCCCC3)n2)c(N=Nc2snc3scc(Cl)c23)cc1OC. The molecule has 0 amide bonds. The van der Waals surface area contributed by atoms with Crippen LogP contribution in [-0.2, 0) is 0 Å². The third kappa shape index (κ3) is 9.96. The van der Waals surface area contributed by atoms with Crippen molar-refractivity contribution in [1.82, 2.24) is 23.7 Å². The number of benzene rings is 2. The van der Waals surface area contributed by atoms with Gasteiger partial charge in [-0.1, -0.05) is 54.2 Å². The average Bonchev–Trinajstić information content (AvgIpc) is 4.09. The molecule has 1 saturated carbocycles. The van der Waals surface area contributed by atoms with Crippen molar-refractivity contribution in [3.8, 4) is 11.5 Å². The normalized spacial score (nSPS) is 13.5. The van der Waals surface area contributed by atoms with Crippen LogP contribution in [0.4, 0.5) is 56.0 Å². The van der Waals surface area contributed by atoms with E-state index in [1.807, 2.05) is 35.0 Å². The summed E-state index contributed by atoms with van der Waals surface area (Å²) >= 11 is 20.2. The standard InChI is InChI=1S/C41H45Cl2N13O2S5/c1-7-55(8-2)29-16-25(27(18-31(29)57-5)49-51-35-33-23(42)20-59-37(33)53-62-35)44-39-46-40(48-41(47-39)61-22-14-12-11-13-15-22)45-26-17-30(56(9-3)10-4)32(58-6)19-28(26)50-52-36-34-24(43)21-60-38(34)54-63-36/h16-22H,7-15H2,1-6H3,(H2,44,45,46,47,48). The highest BCUT2D eigenvalue weighted by atomic mass is 35.5. The summed E-state index contributed by atoms with van der Waals surface area (Å²) in [5.74, 6) is 1.94. The van der Waals surface area contributed by atoms with Crippen LogP contribution in [0.15, 0.2) is 60.6 Å². The second-order valence-electron chi connectivity index (χ2n) is 14.2. The summed E-state index contributed by atoms with van der Waals surface area (Å²) in [4.78, 5) is 21.1. The first kappa shape index (κ1) is 45.1. The van der Waals surface area contributed by atoms with E-state index in [0.29, 0.717) is 76.6 Å². The average molecular weight is 983 g/mol. The quantitative estimate of drug-likeness (QED) is 0.0784. The number of methoxy groups -OCH3 is 2. The molecule has 63 heavy (non-hydrogen) atoms. The van der Waals surface area contributed by atoms with Crippen molar-refractivity contribution >= 4 is 157 Å². The Balaban J connectivity index is 1.23. The van der Waals surface area contributed by atoms with E-state index in [4.69, 9.17) is 57.9 Å². The van der Waals surface area contributed by atoms with Gasteiger partial charge in [-0.2, -0.15) is 23.7 Å². The Labute approximate surface area is 395 Å². The molecular weight excluding hydrogens is 938 g/mol. The van der Waals surface area contributed by atoms with E-state index in [1.54, 1.807) is 26.0 Å². The van der Waals surface area contributed by atoms with Gasteiger partial charge in [0.1, 0.15) is 32.5 Å². The third-order valence-corrected chi connectivity index (χ3v) is 16.0. The molecule has 1 aliphatic rings. The number of aromatic nitrogens is 5. The Kier molecular flexibility index (Phi) is 14.8. The van der Waals surface area contributed by atoms with E-state index >= 15 is 0 Å². The molecule has 0 atom stereocenters. The lowest BCUT2D eigenvalue weighted by molar-refractivity contribution is 0.414. The Morgan fingerprint density at radius 2 is 1.13 bits per heavy atom. The van der Waals surface area contributed by atoms with E-state index in [-0.39, 0.29) is 0 Å². The Morgan fingerprint density at radius 3 is 1.56 bits per heavy atom. The smallest absolute Gasteiger partial charge is 0.233 e. The molecule has 2 N–H and O–H groups in total. The van der Waals surface area contributed by atoms with Crippen molar-refractivity contribution in [2.45, 2.75) is 70.2 Å². The Bertz CT molecular complexity index is 2590. The van der Waals surface area contributed by atoms with Crippen LogP contribution in [0, 0.1) is 0 Å². The number of thiophene rings is 2. The predicted octanol–water partition coefficient (Wildman–Crippen LogP) is 15.0. The fraction of sp³-hybridized carbons (Fsp3) is 0.390. The number of azo groups is 2. The molecule has 0 saturated heterocycles. The van der Waals surface area contributed by atoms with E-state index in [1.165, 1.54) is 65.0 Å². The van der Waals surface area contributed by atoms with E-state index in [2.05, 4.69) is 67.1 Å². The lowest BCUT2D eigenvalue weighted by Gasteiger charge is -2.25. The molecule has 0 unspecified atom stereocenters. The minimum Gasteiger partial charge on any atom is -0.494 e. The van der Waals surface area contributed by atoms with Crippen molar-refractivity contribution in [3.63, 3.8) is 0 Å². The van der Waals surface area contributed by atoms with Gasteiger partial charge in [0.2, 0.25) is 11.9 Å². The van der Waals surface area contributed by atoms with Gasteiger partial charge in [-0.3, -0.25) is 0 Å². The molecule has 7 aromatic rings. The Hall–Kier alpha value is -4.44. The number of rotatable bonds is 18. The molecule has 0 spiro atoms. The van der Waals surface area contributed by atoms with Gasteiger partial charge in [0.15, 0.2) is 15.2 Å². The summed E-state index contributed by atoms with van der Waals surface area (Å²) in [7, 11) is 3.31. The topological polar surface area (TPSA) is 163 Å². The van der Waals surface area contributed by atoms with Crippen LogP contribution in [-0.4, -0.2) is 69.3 Å². The number of fused-ring (bicyclic) bond motifs is 2. The number of halogens is 2. The number of anilines is 6. The predicted molar refractivity (Wildman–Crippen MR) is 266 cm³/mol. The van der Waals surface area contributed by atoms with Crippen LogP contribution in [0.5, 0.6) is 11.5 Å². The van der Waals surface area contributed by atoms with Crippen molar-refractivity contribution in [2.24, 2.45) is 20.5 Å². The van der Waals surface area contributed by atoms with E-state index < -0.39 is 0 Å². The summed E-state index contributed by atoms with van der Waals surface area (Å²) in [5, 5.41) is 34.5. The van der Waals surface area contributed by atoms with Gasteiger partial charge in [-0.15, -0.1) is 43.1 Å². The first-order valence-electron chi connectivity index (χ1n) is 20.5. The fourth-order valence-electron chi connectivity index (χ4n) is 7.30. The lowest BCUT2D eigenvalue weighted by atomic mass is 10.0. The molecule has 15 nitrogen and oxygen atoms in total. The van der Waals surface area contributed by atoms with Gasteiger partial charge >= 0.3 is 0 Å². The zero-order chi connectivity index (χ0) is 44.0. The molecule has 5 heterocycles. The minimum atomic E-state index is 0.318. The molecule has 330 valence electrons. The summed E-state index contributed by atoms with van der Waals surface area (Å²) in [6, 6.07) is 7.74. The maximum absolute atomic E-state index is 6.54. The third-order valence-electron chi connectivity index (χ3n) is 10.5. The van der Waals surface area contributed by atoms with Crippen molar-refractivity contribution in [3.05, 3.63) is 45.1 Å². The molecule has 0 aliphatic heterocycles. The maximum atomic E-state index is 6.54. The number of nitrogens with zero attached hydrogens (tertiary/aromatic N) is 11. The van der Waals surface area contributed by atoms with Gasteiger partial charge < -0.3 is 29.9 Å². The highest BCUT2D eigenvalue weighted by Crippen LogP contribution is 2.46. The second kappa shape index (κ2) is 20.6. The van der Waals surface area contributed by atoms with Gasteiger partial charge in [0.25, 0.3) is 0 Å². The van der Waals surface area contributed by atoms with Crippen LogP contribution >= 0.6 is 80.7 Å². The second-order valence-corrected chi connectivity index (χ2v) is 19.5. The molecule has 1 aliphatic carbocycles. The molecule has 1 fully saturated rings. The van der Waals surface area contributed by atoms with Gasteiger partial charge in [-0.25, -0.2) is 0 Å². The molecule has 8 rings (SSSR count). The molecule has 0 radical (unpaired) electrons. The van der Waals surface area contributed by atoms with Gasteiger partial charge in [0, 0.05) is 54.3 Å². The number of nitrogens with one attached hydrogen (secondary N) is 2. The van der Waals surface area contributed by atoms with Crippen LogP contribution in [0.3, 0.4) is 0 Å². The van der Waals surface area contributed by atoms with Crippen LogP contribution in [0.25, 0.3) is 20.4 Å².